The van der Waals surface area contributed by atoms with Crippen molar-refractivity contribution in [3.05, 3.63) is 84.8 Å². The van der Waals surface area contributed by atoms with Crippen molar-refractivity contribution in [3.63, 3.8) is 0 Å². The lowest BCUT2D eigenvalue weighted by Crippen LogP contribution is -2.44. The molecule has 0 saturated heterocycles. The van der Waals surface area contributed by atoms with Gasteiger partial charge in [-0.25, -0.2) is 4.39 Å². The number of carbonyl (C=O) groups is 2. The van der Waals surface area contributed by atoms with Crippen molar-refractivity contribution >= 4 is 43.4 Å². The van der Waals surface area contributed by atoms with Gasteiger partial charge in [-0.2, -0.15) is 0 Å². The quantitative estimate of drug-likeness (QED) is 0.323. The van der Waals surface area contributed by atoms with Crippen LogP contribution in [0.4, 0.5) is 4.39 Å². The standard InChI is InChI=1S/C32H34Br2FNO3/c1-6-36-23-13-31(2,3)15-25(37)28(23)27(29-24(36)14-32(4,5)16-26(29)38)19-11-20(33)30(21(34)12-19)39-17-18-9-7-8-10-22(18)35/h7-12,27H,6,13-17H2,1-5H3. The van der Waals surface area contributed by atoms with Crippen molar-refractivity contribution in [2.45, 2.75) is 72.8 Å². The zero-order valence-electron chi connectivity index (χ0n) is 23.1. The lowest BCUT2D eigenvalue weighted by Gasteiger charge is -2.49. The average molecular weight is 659 g/mol. The third kappa shape index (κ3) is 5.29. The fourth-order valence-corrected chi connectivity index (χ4v) is 7.86. The number of halogens is 3. The minimum absolute atomic E-state index is 0.0733. The zero-order chi connectivity index (χ0) is 28.3. The third-order valence-corrected chi connectivity index (χ3v) is 9.20. The molecule has 0 amide bonds. The molecule has 7 heteroatoms. The van der Waals surface area contributed by atoms with Crippen LogP contribution in [0.2, 0.25) is 0 Å². The van der Waals surface area contributed by atoms with Gasteiger partial charge in [0.25, 0.3) is 0 Å². The van der Waals surface area contributed by atoms with Crippen molar-refractivity contribution in [1.82, 2.24) is 4.90 Å². The first-order valence-corrected chi connectivity index (χ1v) is 15.1. The van der Waals surface area contributed by atoms with Crippen molar-refractivity contribution in [1.29, 1.82) is 0 Å². The van der Waals surface area contributed by atoms with E-state index >= 15 is 0 Å². The Labute approximate surface area is 246 Å². The lowest BCUT2D eigenvalue weighted by atomic mass is 9.63. The summed E-state index contributed by atoms with van der Waals surface area (Å²) in [5.74, 6) is 0.0179. The number of ether oxygens (including phenoxy) is 1. The Hall–Kier alpha value is -2.25. The van der Waals surface area contributed by atoms with E-state index < -0.39 is 5.92 Å². The van der Waals surface area contributed by atoms with Crippen LogP contribution in [0.3, 0.4) is 0 Å². The predicted molar refractivity (Wildman–Crippen MR) is 158 cm³/mol. The number of nitrogens with zero attached hydrogens (tertiary/aromatic N) is 1. The van der Waals surface area contributed by atoms with Crippen molar-refractivity contribution in [2.24, 2.45) is 10.8 Å². The molecule has 0 unspecified atom stereocenters. The molecule has 0 bridgehead atoms. The van der Waals surface area contributed by atoms with Gasteiger partial charge in [0, 0.05) is 53.4 Å². The summed E-state index contributed by atoms with van der Waals surface area (Å²) >= 11 is 7.33. The highest BCUT2D eigenvalue weighted by atomic mass is 79.9. The van der Waals surface area contributed by atoms with Gasteiger partial charge in [-0.15, -0.1) is 0 Å². The first kappa shape index (κ1) is 28.3. The number of ketones is 2. The smallest absolute Gasteiger partial charge is 0.162 e. The van der Waals surface area contributed by atoms with E-state index in [4.69, 9.17) is 4.74 Å². The van der Waals surface area contributed by atoms with Crippen LogP contribution in [0.25, 0.3) is 0 Å². The van der Waals surface area contributed by atoms with Crippen LogP contribution in [-0.2, 0) is 16.2 Å². The molecule has 0 atom stereocenters. The van der Waals surface area contributed by atoms with E-state index in [2.05, 4.69) is 71.4 Å². The van der Waals surface area contributed by atoms with Crippen LogP contribution in [-0.4, -0.2) is 23.0 Å². The van der Waals surface area contributed by atoms with E-state index in [1.165, 1.54) is 6.07 Å². The Kier molecular flexibility index (Phi) is 7.47. The first-order chi connectivity index (χ1) is 18.3. The molecule has 3 aliphatic rings. The highest BCUT2D eigenvalue weighted by molar-refractivity contribution is 9.11. The SMILES string of the molecule is CCN1C2=C(C(=O)CC(C)(C)C2)C(c2cc(Br)c(OCc3ccccc3F)c(Br)c2)C2=C1CC(C)(C)CC2=O. The van der Waals surface area contributed by atoms with Crippen LogP contribution in [0.1, 0.15) is 77.3 Å². The van der Waals surface area contributed by atoms with Crippen LogP contribution in [0.5, 0.6) is 5.75 Å². The number of Topliss-reactive ketones (excluding diaryl/α,β-unsaturated/α-hetero) is 2. The van der Waals surface area contributed by atoms with Gasteiger partial charge in [-0.05, 0) is 86.2 Å². The number of rotatable bonds is 5. The molecular weight excluding hydrogens is 625 g/mol. The Morgan fingerprint density at radius 1 is 0.897 bits per heavy atom. The minimum atomic E-state index is -0.432. The van der Waals surface area contributed by atoms with Crippen molar-refractivity contribution in [3.8, 4) is 5.75 Å². The Morgan fingerprint density at radius 3 is 1.90 bits per heavy atom. The summed E-state index contributed by atoms with van der Waals surface area (Å²) in [5.41, 5.74) is 4.65. The zero-order valence-corrected chi connectivity index (χ0v) is 26.3. The molecule has 0 radical (unpaired) electrons. The van der Waals surface area contributed by atoms with Gasteiger partial charge >= 0.3 is 0 Å². The van der Waals surface area contributed by atoms with E-state index in [-0.39, 0.29) is 34.8 Å². The number of allylic oxidation sites excluding steroid dienone is 4. The third-order valence-electron chi connectivity index (χ3n) is 8.02. The lowest BCUT2D eigenvalue weighted by molar-refractivity contribution is -0.119. The predicted octanol–water partition coefficient (Wildman–Crippen LogP) is 8.64. The molecule has 0 spiro atoms. The number of carbonyl (C=O) groups excluding carboxylic acids is 2. The second-order valence-corrected chi connectivity index (χ2v) is 14.2. The highest BCUT2D eigenvalue weighted by Gasteiger charge is 2.48. The second-order valence-electron chi connectivity index (χ2n) is 12.5. The van der Waals surface area contributed by atoms with Gasteiger partial charge in [0.15, 0.2) is 11.6 Å². The van der Waals surface area contributed by atoms with E-state index in [1.807, 2.05) is 12.1 Å². The largest absolute Gasteiger partial charge is 0.486 e. The van der Waals surface area contributed by atoms with Gasteiger partial charge in [0.1, 0.15) is 18.2 Å². The number of benzene rings is 2. The number of hydrogen-bond donors (Lipinski definition) is 0. The summed E-state index contributed by atoms with van der Waals surface area (Å²) in [6.07, 6.45) is 2.48. The van der Waals surface area contributed by atoms with Crippen LogP contribution in [0.15, 0.2) is 67.9 Å². The summed E-state index contributed by atoms with van der Waals surface area (Å²) in [6.45, 7) is 11.5. The molecule has 0 aromatic heterocycles. The molecule has 0 saturated carbocycles. The first-order valence-electron chi connectivity index (χ1n) is 13.5. The monoisotopic (exact) mass is 657 g/mol. The second kappa shape index (κ2) is 10.3. The molecule has 2 aliphatic carbocycles. The van der Waals surface area contributed by atoms with Gasteiger partial charge in [-0.1, -0.05) is 45.9 Å². The van der Waals surface area contributed by atoms with Gasteiger partial charge in [0.2, 0.25) is 0 Å². The number of hydrogen-bond acceptors (Lipinski definition) is 4. The molecule has 0 fully saturated rings. The van der Waals surface area contributed by atoms with Gasteiger partial charge < -0.3 is 9.64 Å². The molecule has 39 heavy (non-hydrogen) atoms. The van der Waals surface area contributed by atoms with Crippen molar-refractivity contribution in [2.75, 3.05) is 6.54 Å². The summed E-state index contributed by atoms with van der Waals surface area (Å²) in [7, 11) is 0. The summed E-state index contributed by atoms with van der Waals surface area (Å²) in [4.78, 5) is 29.9. The minimum Gasteiger partial charge on any atom is -0.486 e. The molecule has 206 valence electrons. The van der Waals surface area contributed by atoms with Crippen LogP contribution < -0.4 is 4.74 Å². The Morgan fingerprint density at radius 2 is 1.41 bits per heavy atom. The molecule has 4 nitrogen and oxygen atoms in total. The average Bonchev–Trinajstić information content (AvgIpc) is 2.81. The fourth-order valence-electron chi connectivity index (χ4n) is 6.41. The van der Waals surface area contributed by atoms with Crippen LogP contribution in [0, 0.1) is 16.6 Å². The topological polar surface area (TPSA) is 46.6 Å². The van der Waals surface area contributed by atoms with E-state index in [1.54, 1.807) is 18.2 Å². The molecule has 2 aromatic rings. The Bertz CT molecular complexity index is 1360. The highest BCUT2D eigenvalue weighted by Crippen LogP contribution is 2.55. The molecule has 5 rings (SSSR count). The van der Waals surface area contributed by atoms with E-state index in [0.717, 1.165) is 40.9 Å². The summed E-state index contributed by atoms with van der Waals surface area (Å²) in [6, 6.07) is 10.4. The summed E-state index contributed by atoms with van der Waals surface area (Å²) in [5, 5.41) is 0. The maximum Gasteiger partial charge on any atom is 0.162 e. The maximum atomic E-state index is 14.2. The van der Waals surface area contributed by atoms with E-state index in [0.29, 0.717) is 39.6 Å². The molecule has 1 aliphatic heterocycles. The van der Waals surface area contributed by atoms with Crippen LogP contribution >= 0.6 is 31.9 Å². The molecular formula is C32H34Br2FNO3. The van der Waals surface area contributed by atoms with E-state index in [9.17, 15) is 14.0 Å². The normalized spacial score (nSPS) is 20.8. The Balaban J connectivity index is 1.63. The van der Waals surface area contributed by atoms with Crippen molar-refractivity contribution < 1.29 is 18.7 Å². The molecule has 0 N–H and O–H groups in total. The van der Waals surface area contributed by atoms with Gasteiger partial charge in [0.05, 0.1) is 8.95 Å². The van der Waals surface area contributed by atoms with Gasteiger partial charge in [-0.3, -0.25) is 9.59 Å². The maximum absolute atomic E-state index is 14.2. The fraction of sp³-hybridized carbons (Fsp3) is 0.438. The molecule has 1 heterocycles. The molecule has 2 aromatic carbocycles. The summed E-state index contributed by atoms with van der Waals surface area (Å²) < 4.78 is 21.6.